The van der Waals surface area contributed by atoms with Gasteiger partial charge in [0, 0.05) is 5.56 Å². The number of anilines is 2. The highest BCUT2D eigenvalue weighted by Crippen LogP contribution is 2.55. The summed E-state index contributed by atoms with van der Waals surface area (Å²) >= 11 is 1.27. The minimum Gasteiger partial charge on any atom is -0.450 e. The van der Waals surface area contributed by atoms with Crippen LogP contribution < -0.4 is 15.2 Å². The molecule has 1 atom stereocenters. The molecule has 4 aromatic carbocycles. The van der Waals surface area contributed by atoms with Gasteiger partial charge < -0.3 is 9.32 Å². The van der Waals surface area contributed by atoms with Crippen molar-refractivity contribution in [3.63, 3.8) is 0 Å². The lowest BCUT2D eigenvalue weighted by molar-refractivity contribution is -0.121. The number of benzene rings is 4. The second kappa shape index (κ2) is 9.17. The third kappa shape index (κ3) is 3.47. The van der Waals surface area contributed by atoms with E-state index in [1.807, 2.05) is 69.3 Å². The summed E-state index contributed by atoms with van der Waals surface area (Å²) in [7, 11) is 0. The molecule has 2 aliphatic heterocycles. The summed E-state index contributed by atoms with van der Waals surface area (Å²) in [5.74, 6) is -2.02. The van der Waals surface area contributed by atoms with Gasteiger partial charge in [0.05, 0.1) is 33.4 Å². The Morgan fingerprint density at radius 1 is 0.909 bits per heavy atom. The van der Waals surface area contributed by atoms with Gasteiger partial charge in [-0.15, -0.1) is 0 Å². The molecule has 0 N–H and O–H groups in total. The molecule has 7 nitrogen and oxygen atoms in total. The molecule has 0 bridgehead atoms. The molecule has 0 fully saturated rings. The van der Waals surface area contributed by atoms with Gasteiger partial charge in [-0.05, 0) is 67.8 Å². The number of hydrogen-bond donors (Lipinski definition) is 0. The highest BCUT2D eigenvalue weighted by molar-refractivity contribution is 7.22. The molecule has 44 heavy (non-hydrogen) atoms. The Hall–Kier alpha value is -5.15. The number of rotatable bonds is 3. The summed E-state index contributed by atoms with van der Waals surface area (Å²) < 4.78 is 21.4. The smallest absolute Gasteiger partial charge is 0.297 e. The first-order valence-corrected chi connectivity index (χ1v) is 15.0. The van der Waals surface area contributed by atoms with Crippen molar-refractivity contribution < 1.29 is 18.4 Å². The van der Waals surface area contributed by atoms with Crippen LogP contribution in [0.15, 0.2) is 88.1 Å². The number of aromatic nitrogens is 1. The number of amides is 2. The van der Waals surface area contributed by atoms with E-state index in [0.29, 0.717) is 16.8 Å². The van der Waals surface area contributed by atoms with Crippen LogP contribution in [-0.2, 0) is 16.9 Å². The summed E-state index contributed by atoms with van der Waals surface area (Å²) in [6, 6.07) is 22.6. The summed E-state index contributed by atoms with van der Waals surface area (Å²) in [5, 5.41) is 0.219. The molecule has 216 valence electrons. The van der Waals surface area contributed by atoms with Gasteiger partial charge in [-0.3, -0.25) is 19.3 Å². The van der Waals surface area contributed by atoms with Crippen molar-refractivity contribution in [2.75, 3.05) is 9.80 Å². The van der Waals surface area contributed by atoms with E-state index in [2.05, 4.69) is 0 Å². The number of halogens is 1. The van der Waals surface area contributed by atoms with E-state index in [1.165, 1.54) is 28.4 Å². The van der Waals surface area contributed by atoms with E-state index in [-0.39, 0.29) is 34.0 Å². The Kier molecular flexibility index (Phi) is 5.52. The van der Waals surface area contributed by atoms with Gasteiger partial charge in [0.1, 0.15) is 11.4 Å². The van der Waals surface area contributed by atoms with Gasteiger partial charge in [-0.1, -0.05) is 65.4 Å². The van der Waals surface area contributed by atoms with E-state index in [0.717, 1.165) is 33.0 Å². The predicted octanol–water partition coefficient (Wildman–Crippen LogP) is 6.92. The number of carbonyl (C=O) groups is 2. The van der Waals surface area contributed by atoms with Gasteiger partial charge in [0.15, 0.2) is 16.1 Å². The highest BCUT2D eigenvalue weighted by atomic mass is 32.1. The number of aryl methyl sites for hydroxylation is 3. The van der Waals surface area contributed by atoms with E-state index < -0.39 is 28.6 Å². The zero-order valence-electron chi connectivity index (χ0n) is 24.0. The second-order valence-electron chi connectivity index (χ2n) is 11.4. The molecule has 2 amide bonds. The molecule has 2 aliphatic rings. The van der Waals surface area contributed by atoms with E-state index in [1.54, 1.807) is 17.0 Å². The van der Waals surface area contributed by atoms with Crippen molar-refractivity contribution in [2.45, 2.75) is 32.9 Å². The van der Waals surface area contributed by atoms with E-state index in [9.17, 15) is 14.0 Å². The fraction of sp³-hybridized carbons (Fsp3) is 0.143. The van der Waals surface area contributed by atoms with Crippen molar-refractivity contribution in [2.24, 2.45) is 0 Å². The monoisotopic (exact) mass is 601 g/mol. The molecule has 6 aromatic rings. The van der Waals surface area contributed by atoms with Crippen LogP contribution in [0.25, 0.3) is 21.2 Å². The first-order valence-electron chi connectivity index (χ1n) is 14.1. The lowest BCUT2D eigenvalue weighted by Gasteiger charge is -2.32. The molecule has 9 heteroatoms. The third-order valence-corrected chi connectivity index (χ3v) is 9.51. The minimum absolute atomic E-state index is 0.0454. The molecule has 0 aliphatic carbocycles. The van der Waals surface area contributed by atoms with E-state index in [4.69, 9.17) is 9.40 Å². The molecule has 1 spiro atoms. The summed E-state index contributed by atoms with van der Waals surface area (Å²) in [6.45, 7) is 6.12. The Morgan fingerprint density at radius 2 is 1.73 bits per heavy atom. The predicted molar refractivity (Wildman–Crippen MR) is 168 cm³/mol. The van der Waals surface area contributed by atoms with Crippen LogP contribution in [0.2, 0.25) is 0 Å². The Morgan fingerprint density at radius 3 is 2.55 bits per heavy atom. The maximum atomic E-state index is 15.1. The van der Waals surface area contributed by atoms with Crippen LogP contribution in [0.5, 0.6) is 0 Å². The largest absolute Gasteiger partial charge is 0.450 e. The van der Waals surface area contributed by atoms with E-state index >= 15 is 4.79 Å². The van der Waals surface area contributed by atoms with Crippen LogP contribution >= 0.6 is 11.3 Å². The standard InChI is InChI=1S/C35H24FN3O4S/c1-18-7-6-8-21(14-18)17-38-25-10-5-4-9-24(25)35(33(38)42)28-30(40)23-16-22(36)11-12-26(23)43-31(28)32(41)39(35)34-37-29-20(3)13-19(2)15-27(29)44-34/h4-16H,17H2,1-3H3. The second-order valence-corrected chi connectivity index (χ2v) is 12.5. The fourth-order valence-electron chi connectivity index (χ4n) is 6.74. The zero-order chi connectivity index (χ0) is 30.5. The topological polar surface area (TPSA) is 83.7 Å². The number of para-hydroxylation sites is 1. The number of nitrogens with zero attached hydrogens (tertiary/aromatic N) is 3. The van der Waals surface area contributed by atoms with Crippen molar-refractivity contribution in [3.05, 3.63) is 134 Å². The summed E-state index contributed by atoms with van der Waals surface area (Å²) in [5.41, 5.74) is 3.00. The third-order valence-electron chi connectivity index (χ3n) is 8.52. The first kappa shape index (κ1) is 26.5. The van der Waals surface area contributed by atoms with Crippen LogP contribution in [0, 0.1) is 26.6 Å². The molecule has 2 aromatic heterocycles. The van der Waals surface area contributed by atoms with Crippen molar-refractivity contribution in [1.29, 1.82) is 0 Å². The number of carbonyl (C=O) groups excluding carboxylic acids is 2. The van der Waals surface area contributed by atoms with Gasteiger partial charge in [0.25, 0.3) is 11.8 Å². The molecule has 4 heterocycles. The van der Waals surface area contributed by atoms with Crippen LogP contribution in [0.4, 0.5) is 15.2 Å². The van der Waals surface area contributed by atoms with Gasteiger partial charge in [0.2, 0.25) is 5.76 Å². The average molecular weight is 602 g/mol. The Bertz CT molecular complexity index is 2310. The summed E-state index contributed by atoms with van der Waals surface area (Å²) in [6.07, 6.45) is 0. The van der Waals surface area contributed by atoms with Crippen LogP contribution in [-0.4, -0.2) is 16.8 Å². The lowest BCUT2D eigenvalue weighted by Crippen LogP contribution is -2.53. The number of thiazole rings is 1. The van der Waals surface area contributed by atoms with Gasteiger partial charge >= 0.3 is 0 Å². The zero-order valence-corrected chi connectivity index (χ0v) is 24.8. The molecule has 0 radical (unpaired) electrons. The van der Waals surface area contributed by atoms with Crippen molar-refractivity contribution in [1.82, 2.24) is 4.98 Å². The van der Waals surface area contributed by atoms with Crippen molar-refractivity contribution in [3.8, 4) is 0 Å². The van der Waals surface area contributed by atoms with Gasteiger partial charge in [-0.25, -0.2) is 9.37 Å². The Balaban J connectivity index is 1.46. The van der Waals surface area contributed by atoms with Gasteiger partial charge in [-0.2, -0.15) is 0 Å². The lowest BCUT2D eigenvalue weighted by atomic mass is 9.84. The normalized spacial score (nSPS) is 17.4. The molecule has 8 rings (SSSR count). The molecule has 0 saturated heterocycles. The van der Waals surface area contributed by atoms with Crippen molar-refractivity contribution >= 4 is 55.2 Å². The molecular formula is C35H24FN3O4S. The Labute approximate surface area is 254 Å². The minimum atomic E-state index is -1.91. The highest BCUT2D eigenvalue weighted by Gasteiger charge is 2.66. The maximum absolute atomic E-state index is 15.1. The van der Waals surface area contributed by atoms with Crippen LogP contribution in [0.1, 0.15) is 43.9 Å². The first-order chi connectivity index (χ1) is 21.2. The summed E-state index contributed by atoms with van der Waals surface area (Å²) in [4.78, 5) is 51.9. The quantitative estimate of drug-likeness (QED) is 0.220. The maximum Gasteiger partial charge on any atom is 0.297 e. The fourth-order valence-corrected chi connectivity index (χ4v) is 7.93. The SMILES string of the molecule is Cc1cccc(CN2C(=O)C3(c4ccccc42)c2c(oc4ccc(F)cc4c2=O)C(=O)N3c2nc3c(C)cc(C)cc3s2)c1. The van der Waals surface area contributed by atoms with Crippen LogP contribution in [0.3, 0.4) is 0 Å². The molecule has 0 saturated carbocycles. The number of hydrogen-bond acceptors (Lipinski definition) is 6. The molecular weight excluding hydrogens is 577 g/mol. The average Bonchev–Trinajstić information content (AvgIpc) is 3.60. The number of fused-ring (bicyclic) bond motifs is 6. The molecule has 1 unspecified atom stereocenters.